The fourth-order valence-corrected chi connectivity index (χ4v) is 1.45. The zero-order valence-corrected chi connectivity index (χ0v) is 9.81. The lowest BCUT2D eigenvalue weighted by molar-refractivity contribution is 0.775. The van der Waals surface area contributed by atoms with E-state index in [0.29, 0.717) is 22.4 Å². The second-order valence-electron chi connectivity index (χ2n) is 3.68. The van der Waals surface area contributed by atoms with E-state index in [-0.39, 0.29) is 5.92 Å². The molecule has 0 unspecified atom stereocenters. The summed E-state index contributed by atoms with van der Waals surface area (Å²) in [5.41, 5.74) is 1.41. The summed E-state index contributed by atoms with van der Waals surface area (Å²) >= 11 is 5.94. The summed E-state index contributed by atoms with van der Waals surface area (Å²) in [4.78, 5) is 16.7. The molecule has 0 aliphatic rings. The second kappa shape index (κ2) is 4.53. The maximum absolute atomic E-state index is 5.94. The van der Waals surface area contributed by atoms with E-state index in [9.17, 15) is 0 Å². The van der Waals surface area contributed by atoms with Gasteiger partial charge >= 0.3 is 0 Å². The van der Waals surface area contributed by atoms with E-state index in [4.69, 9.17) is 11.6 Å². The van der Waals surface area contributed by atoms with Gasteiger partial charge < -0.3 is 0 Å². The normalized spacial score (nSPS) is 10.8. The molecular formula is C11H11ClN4. The molecule has 0 N–H and O–H groups in total. The van der Waals surface area contributed by atoms with Crippen LogP contribution in [0.2, 0.25) is 5.15 Å². The molecular weight excluding hydrogens is 224 g/mol. The number of nitrogens with zero attached hydrogens (tertiary/aromatic N) is 4. The molecule has 2 aromatic rings. The van der Waals surface area contributed by atoms with Crippen molar-refractivity contribution in [1.82, 2.24) is 19.9 Å². The van der Waals surface area contributed by atoms with Crippen molar-refractivity contribution in [2.45, 2.75) is 19.8 Å². The molecule has 0 amide bonds. The Labute approximate surface area is 98.8 Å². The Morgan fingerprint density at radius 2 is 1.94 bits per heavy atom. The van der Waals surface area contributed by atoms with E-state index < -0.39 is 0 Å². The lowest BCUT2D eigenvalue weighted by Gasteiger charge is -2.06. The Morgan fingerprint density at radius 1 is 1.12 bits per heavy atom. The summed E-state index contributed by atoms with van der Waals surface area (Å²) < 4.78 is 0. The smallest absolute Gasteiger partial charge is 0.133 e. The third kappa shape index (κ3) is 2.33. The van der Waals surface area contributed by atoms with Crippen molar-refractivity contribution >= 4 is 11.6 Å². The number of halogens is 1. The van der Waals surface area contributed by atoms with E-state index in [0.717, 1.165) is 0 Å². The summed E-state index contributed by atoms with van der Waals surface area (Å²) in [6.45, 7) is 4.04. The van der Waals surface area contributed by atoms with Crippen LogP contribution in [0.4, 0.5) is 0 Å². The molecule has 0 saturated heterocycles. The molecule has 2 heterocycles. The molecule has 16 heavy (non-hydrogen) atoms. The van der Waals surface area contributed by atoms with Gasteiger partial charge in [0.05, 0.1) is 11.9 Å². The van der Waals surface area contributed by atoms with Gasteiger partial charge in [0, 0.05) is 24.4 Å². The fourth-order valence-electron chi connectivity index (χ4n) is 1.26. The maximum Gasteiger partial charge on any atom is 0.133 e. The number of hydrogen-bond acceptors (Lipinski definition) is 4. The van der Waals surface area contributed by atoms with Crippen molar-refractivity contribution in [3.8, 4) is 11.4 Å². The molecule has 2 rings (SSSR count). The van der Waals surface area contributed by atoms with Crippen molar-refractivity contribution in [3.63, 3.8) is 0 Å². The summed E-state index contributed by atoms with van der Waals surface area (Å²) in [5, 5.41) is 0.430. The second-order valence-corrected chi connectivity index (χ2v) is 4.07. The number of aromatic nitrogens is 4. The highest BCUT2D eigenvalue weighted by Crippen LogP contribution is 2.20. The minimum atomic E-state index is 0.231. The molecule has 0 aliphatic carbocycles. The Hall–Kier alpha value is -1.55. The van der Waals surface area contributed by atoms with Gasteiger partial charge in [-0.05, 0) is 0 Å². The van der Waals surface area contributed by atoms with E-state index in [1.165, 1.54) is 0 Å². The SMILES string of the molecule is CC(C)c1nc(Cl)cc(-c2cnccn2)n1. The van der Waals surface area contributed by atoms with Gasteiger partial charge in [-0.1, -0.05) is 25.4 Å². The first-order chi connectivity index (χ1) is 7.66. The highest BCUT2D eigenvalue weighted by Gasteiger charge is 2.09. The molecule has 4 nitrogen and oxygen atoms in total. The summed E-state index contributed by atoms with van der Waals surface area (Å²) in [7, 11) is 0. The van der Waals surface area contributed by atoms with Crippen molar-refractivity contribution < 1.29 is 0 Å². The van der Waals surface area contributed by atoms with E-state index in [1.807, 2.05) is 13.8 Å². The molecule has 0 aromatic carbocycles. The van der Waals surface area contributed by atoms with Gasteiger partial charge in [0.25, 0.3) is 0 Å². The molecule has 82 valence electrons. The minimum Gasteiger partial charge on any atom is -0.261 e. The van der Waals surface area contributed by atoms with Gasteiger partial charge in [-0.3, -0.25) is 9.97 Å². The number of hydrogen-bond donors (Lipinski definition) is 0. The molecule has 5 heteroatoms. The van der Waals surface area contributed by atoms with Crippen LogP contribution in [0, 0.1) is 0 Å². The van der Waals surface area contributed by atoms with Crippen LogP contribution in [-0.4, -0.2) is 19.9 Å². The highest BCUT2D eigenvalue weighted by molar-refractivity contribution is 6.29. The largest absolute Gasteiger partial charge is 0.261 e. The first-order valence-corrected chi connectivity index (χ1v) is 5.35. The van der Waals surface area contributed by atoms with Gasteiger partial charge in [-0.2, -0.15) is 0 Å². The molecule has 0 fully saturated rings. The predicted octanol–water partition coefficient (Wildman–Crippen LogP) is 2.71. The summed E-state index contributed by atoms with van der Waals surface area (Å²) in [6.07, 6.45) is 4.90. The van der Waals surface area contributed by atoms with Crippen LogP contribution in [0.25, 0.3) is 11.4 Å². The Balaban J connectivity index is 2.50. The highest BCUT2D eigenvalue weighted by atomic mass is 35.5. The predicted molar refractivity (Wildman–Crippen MR) is 62.2 cm³/mol. The van der Waals surface area contributed by atoms with Gasteiger partial charge in [0.1, 0.15) is 16.7 Å². The molecule has 0 bridgehead atoms. The molecule has 0 saturated carbocycles. The van der Waals surface area contributed by atoms with Gasteiger partial charge in [-0.25, -0.2) is 9.97 Å². The quantitative estimate of drug-likeness (QED) is 0.750. The lowest BCUT2D eigenvalue weighted by atomic mass is 10.2. The van der Waals surface area contributed by atoms with Gasteiger partial charge in [-0.15, -0.1) is 0 Å². The molecule has 0 spiro atoms. The van der Waals surface area contributed by atoms with Crippen LogP contribution in [0.1, 0.15) is 25.6 Å². The van der Waals surface area contributed by atoms with Crippen LogP contribution in [0.5, 0.6) is 0 Å². The third-order valence-electron chi connectivity index (χ3n) is 2.05. The van der Waals surface area contributed by atoms with Crippen LogP contribution in [0.15, 0.2) is 24.7 Å². The third-order valence-corrected chi connectivity index (χ3v) is 2.25. The van der Waals surface area contributed by atoms with Crippen molar-refractivity contribution in [2.75, 3.05) is 0 Å². The van der Waals surface area contributed by atoms with Gasteiger partial charge in [0.2, 0.25) is 0 Å². The molecule has 2 aromatic heterocycles. The van der Waals surface area contributed by atoms with Crippen LogP contribution in [0.3, 0.4) is 0 Å². The monoisotopic (exact) mass is 234 g/mol. The van der Waals surface area contributed by atoms with Crippen LogP contribution >= 0.6 is 11.6 Å². The Morgan fingerprint density at radius 3 is 2.56 bits per heavy atom. The topological polar surface area (TPSA) is 51.6 Å². The Bertz CT molecular complexity index is 485. The molecule has 0 aliphatic heterocycles. The summed E-state index contributed by atoms with van der Waals surface area (Å²) in [5.74, 6) is 0.947. The van der Waals surface area contributed by atoms with Crippen molar-refractivity contribution in [2.24, 2.45) is 0 Å². The average molecular weight is 235 g/mol. The van der Waals surface area contributed by atoms with Crippen LogP contribution in [-0.2, 0) is 0 Å². The Kier molecular flexibility index (Phi) is 3.10. The lowest BCUT2D eigenvalue weighted by Crippen LogP contribution is -2.00. The zero-order valence-electron chi connectivity index (χ0n) is 9.05. The minimum absolute atomic E-state index is 0.231. The first kappa shape index (κ1) is 11.0. The number of rotatable bonds is 2. The van der Waals surface area contributed by atoms with Crippen molar-refractivity contribution in [3.05, 3.63) is 35.6 Å². The zero-order chi connectivity index (χ0) is 11.5. The standard InChI is InChI=1S/C11H11ClN4/c1-7(2)11-15-8(5-10(12)16-11)9-6-13-3-4-14-9/h3-7H,1-2H3. The van der Waals surface area contributed by atoms with Crippen molar-refractivity contribution in [1.29, 1.82) is 0 Å². The molecule has 0 radical (unpaired) electrons. The summed E-state index contributed by atoms with van der Waals surface area (Å²) in [6, 6.07) is 1.69. The molecule has 0 atom stereocenters. The van der Waals surface area contributed by atoms with Gasteiger partial charge in [0.15, 0.2) is 0 Å². The average Bonchev–Trinajstić information content (AvgIpc) is 2.29. The van der Waals surface area contributed by atoms with Crippen LogP contribution < -0.4 is 0 Å². The first-order valence-electron chi connectivity index (χ1n) is 4.97. The van der Waals surface area contributed by atoms with E-state index in [1.54, 1.807) is 24.7 Å². The van der Waals surface area contributed by atoms with E-state index >= 15 is 0 Å². The fraction of sp³-hybridized carbons (Fsp3) is 0.273. The van der Waals surface area contributed by atoms with E-state index in [2.05, 4.69) is 19.9 Å². The maximum atomic E-state index is 5.94.